The Morgan fingerprint density at radius 1 is 0.620 bits per heavy atom. The van der Waals surface area contributed by atoms with Crippen molar-refractivity contribution < 1.29 is 14.4 Å². The summed E-state index contributed by atoms with van der Waals surface area (Å²) < 4.78 is 9.09. The second-order valence-electron chi connectivity index (χ2n) is 12.9. The zero-order chi connectivity index (χ0) is 36.2. The molecule has 0 aliphatic carbocycles. The molecule has 6 nitrogen and oxygen atoms in total. The van der Waals surface area contributed by atoms with Crippen LogP contribution < -0.4 is 5.32 Å². The lowest BCUT2D eigenvalue weighted by Crippen LogP contribution is -2.34. The number of nitrogens with one attached hydrogen (secondary N) is 1. The average Bonchev–Trinajstić information content (AvgIpc) is 3.17. The molecule has 3 fully saturated rings. The van der Waals surface area contributed by atoms with Gasteiger partial charge in [0.15, 0.2) is 0 Å². The van der Waals surface area contributed by atoms with E-state index in [1.165, 1.54) is 42.6 Å². The lowest BCUT2D eigenvalue weighted by atomic mass is 9.97. The van der Waals surface area contributed by atoms with Gasteiger partial charge in [-0.1, -0.05) is 107 Å². The molecule has 0 spiro atoms. The van der Waals surface area contributed by atoms with Gasteiger partial charge >= 0.3 is 0 Å². The minimum atomic E-state index is -1.67. The number of nitrogens with zero attached hydrogens (tertiary/aromatic N) is 2. The summed E-state index contributed by atoms with van der Waals surface area (Å²) in [5.74, 6) is 2.70. The maximum atomic E-state index is 9.09. The van der Waals surface area contributed by atoms with Crippen molar-refractivity contribution >= 4 is 58.1 Å². The van der Waals surface area contributed by atoms with E-state index in [0.717, 1.165) is 82.1 Å². The fraction of sp³-hybridized carbons (Fsp3) is 0.538. The maximum Gasteiger partial charge on any atom is 0.211 e. The average molecular weight is 834 g/mol. The van der Waals surface area contributed by atoms with Gasteiger partial charge in [0.05, 0.1) is 0 Å². The van der Waals surface area contributed by atoms with Gasteiger partial charge in [-0.15, -0.1) is 11.6 Å². The number of aliphatic hydroxyl groups is 2. The Hall–Kier alpha value is -1.04. The molecule has 3 N–H and O–H groups in total. The van der Waals surface area contributed by atoms with Gasteiger partial charge in [-0.05, 0) is 112 Å². The van der Waals surface area contributed by atoms with Gasteiger partial charge in [-0.3, -0.25) is 9.80 Å². The summed E-state index contributed by atoms with van der Waals surface area (Å²) in [6.45, 7) is 9.71. The van der Waals surface area contributed by atoms with Crippen molar-refractivity contribution in [2.75, 3.05) is 58.4 Å². The number of likely N-dealkylation sites (tertiary alicyclic amines) is 2. The van der Waals surface area contributed by atoms with Gasteiger partial charge in [-0.2, -0.15) is 0 Å². The van der Waals surface area contributed by atoms with Crippen LogP contribution in [-0.4, -0.2) is 82.6 Å². The van der Waals surface area contributed by atoms with E-state index < -0.39 is 9.23 Å². The molecule has 0 atom stereocenters. The van der Waals surface area contributed by atoms with E-state index in [1.54, 1.807) is 0 Å². The highest BCUT2D eigenvalue weighted by molar-refractivity contribution is 9.08. The Labute approximate surface area is 326 Å². The summed E-state index contributed by atoms with van der Waals surface area (Å²) in [6, 6.07) is 31.6. The summed E-state index contributed by atoms with van der Waals surface area (Å²) in [5.41, 5.74) is 4.13. The predicted octanol–water partition coefficient (Wildman–Crippen LogP) is 8.63. The highest BCUT2D eigenvalue weighted by Gasteiger charge is 2.19. The molecule has 11 heteroatoms. The monoisotopic (exact) mass is 831 g/mol. The van der Waals surface area contributed by atoms with E-state index in [-0.39, 0.29) is 0 Å². The second-order valence-corrected chi connectivity index (χ2v) is 16.3. The molecule has 0 saturated carbocycles. The number of piperidine rings is 3. The molecule has 0 aromatic heterocycles. The topological polar surface area (TPSA) is 76.0 Å². The molecule has 3 aliphatic rings. The second kappa shape index (κ2) is 29.4. The normalized spacial score (nSPS) is 17.5. The Balaban J connectivity index is 0.000000231. The SMILES string of the molecule is BrCc1ccccc1.ClCC1CCN(Cc2ccccc2)CC1.O=S(Cl)Cl.OCC1CCN(Cc2ccccc2)CC1.OCC1CCNCC1. The van der Waals surface area contributed by atoms with Crippen LogP contribution in [0.5, 0.6) is 0 Å². The lowest BCUT2D eigenvalue weighted by molar-refractivity contribution is 0.127. The summed E-state index contributed by atoms with van der Waals surface area (Å²) in [7, 11) is 7.36. The third kappa shape index (κ3) is 22.1. The predicted molar refractivity (Wildman–Crippen MR) is 218 cm³/mol. The van der Waals surface area contributed by atoms with Crippen LogP contribution in [0.4, 0.5) is 0 Å². The summed E-state index contributed by atoms with van der Waals surface area (Å²) in [6.07, 6.45) is 7.10. The first kappa shape index (κ1) is 45.1. The Bertz CT molecular complexity index is 1150. The van der Waals surface area contributed by atoms with Crippen molar-refractivity contribution in [3.8, 4) is 0 Å². The Kier molecular flexibility index (Phi) is 26.5. The number of hydrogen-bond donors (Lipinski definition) is 3. The highest BCUT2D eigenvalue weighted by Crippen LogP contribution is 2.20. The maximum absolute atomic E-state index is 9.09. The molecule has 280 valence electrons. The number of rotatable bonds is 8. The highest BCUT2D eigenvalue weighted by atomic mass is 79.9. The third-order valence-corrected chi connectivity index (χ3v) is 10.2. The first-order valence-electron chi connectivity index (χ1n) is 17.7. The fourth-order valence-electron chi connectivity index (χ4n) is 5.94. The zero-order valence-electron chi connectivity index (χ0n) is 29.2. The van der Waals surface area contributed by atoms with Crippen LogP contribution in [0.1, 0.15) is 55.2 Å². The molecule has 0 bridgehead atoms. The first-order valence-corrected chi connectivity index (χ1v) is 22.2. The van der Waals surface area contributed by atoms with Crippen LogP contribution in [0, 0.1) is 17.8 Å². The van der Waals surface area contributed by atoms with Crippen molar-refractivity contribution in [1.29, 1.82) is 0 Å². The van der Waals surface area contributed by atoms with Crippen LogP contribution in [0.15, 0.2) is 91.0 Å². The third-order valence-electron chi connectivity index (χ3n) is 9.10. The van der Waals surface area contributed by atoms with E-state index in [4.69, 9.17) is 26.0 Å². The van der Waals surface area contributed by atoms with Crippen LogP contribution in [-0.2, 0) is 27.6 Å². The number of hydrogen-bond acceptors (Lipinski definition) is 6. The van der Waals surface area contributed by atoms with Crippen molar-refractivity contribution in [3.63, 3.8) is 0 Å². The van der Waals surface area contributed by atoms with E-state index in [9.17, 15) is 0 Å². The van der Waals surface area contributed by atoms with E-state index in [2.05, 4.69) is 125 Å². The van der Waals surface area contributed by atoms with Crippen LogP contribution >= 0.6 is 48.9 Å². The smallest absolute Gasteiger partial charge is 0.211 e. The lowest BCUT2D eigenvalue weighted by Gasteiger charge is -2.30. The fourth-order valence-corrected chi connectivity index (χ4v) is 6.62. The van der Waals surface area contributed by atoms with Gasteiger partial charge < -0.3 is 15.5 Å². The molecule has 3 aliphatic heterocycles. The zero-order valence-corrected chi connectivity index (χ0v) is 33.9. The number of aliphatic hydroxyl groups excluding tert-OH is 2. The molecule has 0 amide bonds. The van der Waals surface area contributed by atoms with Crippen LogP contribution in [0.3, 0.4) is 0 Å². The molecule has 3 heterocycles. The van der Waals surface area contributed by atoms with E-state index in [0.29, 0.717) is 25.0 Å². The van der Waals surface area contributed by atoms with Crippen LogP contribution in [0.25, 0.3) is 0 Å². The van der Waals surface area contributed by atoms with Crippen molar-refractivity contribution in [3.05, 3.63) is 108 Å². The summed E-state index contributed by atoms with van der Waals surface area (Å²) in [5, 5.41) is 21.9. The van der Waals surface area contributed by atoms with Gasteiger partial charge in [0, 0.05) is 58.9 Å². The Morgan fingerprint density at radius 3 is 1.26 bits per heavy atom. The molecule has 50 heavy (non-hydrogen) atoms. The van der Waals surface area contributed by atoms with Gasteiger partial charge in [0.1, 0.15) is 0 Å². The van der Waals surface area contributed by atoms with Gasteiger partial charge in [-0.25, -0.2) is 4.21 Å². The summed E-state index contributed by atoms with van der Waals surface area (Å²) in [4.78, 5) is 5.00. The van der Waals surface area contributed by atoms with Gasteiger partial charge in [0.2, 0.25) is 9.23 Å². The Morgan fingerprint density at radius 2 is 0.960 bits per heavy atom. The first-order chi connectivity index (χ1) is 24.4. The number of benzene rings is 3. The molecule has 0 radical (unpaired) electrons. The quantitative estimate of drug-likeness (QED) is 0.156. The summed E-state index contributed by atoms with van der Waals surface area (Å²) >= 11 is 9.23. The molecular formula is C39H57BrCl3N3O3S. The molecule has 3 aromatic rings. The van der Waals surface area contributed by atoms with Gasteiger partial charge in [0.25, 0.3) is 0 Å². The minimum Gasteiger partial charge on any atom is -0.396 e. The van der Waals surface area contributed by atoms with Crippen molar-refractivity contribution in [2.24, 2.45) is 17.8 Å². The molecule has 6 rings (SSSR count). The van der Waals surface area contributed by atoms with Crippen LogP contribution in [0.2, 0.25) is 0 Å². The number of alkyl halides is 2. The largest absolute Gasteiger partial charge is 0.396 e. The number of halogens is 4. The standard InChI is InChI=1S/C13H18ClN.C13H19NO.C7H7Br.C6H13NO.Cl2OS/c14-10-12-6-8-15(9-7-12)11-13-4-2-1-3-5-13;15-11-13-6-8-14(9-7-13)10-12-4-2-1-3-5-12;8-6-7-4-2-1-3-5-7;8-5-6-1-3-7-4-2-6;1-4(2)3/h1-5,12H,6-11H2;1-5,13,15H,6-11H2;1-5H,6H2;6-8H,1-5H2;. The van der Waals surface area contributed by atoms with E-state index >= 15 is 0 Å². The molecule has 0 unspecified atom stereocenters. The van der Waals surface area contributed by atoms with Crippen molar-refractivity contribution in [2.45, 2.75) is 56.9 Å². The molecular weight excluding hydrogens is 777 g/mol. The minimum absolute atomic E-state index is 0.360. The van der Waals surface area contributed by atoms with Crippen molar-refractivity contribution in [1.82, 2.24) is 15.1 Å². The molecule has 3 saturated heterocycles. The molecule has 3 aromatic carbocycles. The van der Waals surface area contributed by atoms with E-state index in [1.807, 2.05) is 18.2 Å².